The minimum absolute atomic E-state index is 0.130. The first kappa shape index (κ1) is 29.9. The summed E-state index contributed by atoms with van der Waals surface area (Å²) in [7, 11) is 0. The van der Waals surface area contributed by atoms with Crippen molar-refractivity contribution in [2.24, 2.45) is 0 Å². The van der Waals surface area contributed by atoms with E-state index in [1.54, 1.807) is 85.8 Å². The topological polar surface area (TPSA) is 87.3 Å². The lowest BCUT2D eigenvalue weighted by Gasteiger charge is -2.14. The molecule has 41 heavy (non-hydrogen) atoms. The molecule has 0 aliphatic carbocycles. The van der Waals surface area contributed by atoms with Crippen molar-refractivity contribution in [3.8, 4) is 0 Å². The molecule has 4 rings (SSSR count). The van der Waals surface area contributed by atoms with Crippen molar-refractivity contribution in [2.75, 3.05) is 10.6 Å². The van der Waals surface area contributed by atoms with Gasteiger partial charge in [0.05, 0.1) is 15.3 Å². The second kappa shape index (κ2) is 14.0. The van der Waals surface area contributed by atoms with E-state index < -0.39 is 22.9 Å². The number of carbonyl (C=O) groups excluding carboxylic acids is 3. The highest BCUT2D eigenvalue weighted by Gasteiger charge is 2.17. The van der Waals surface area contributed by atoms with E-state index in [9.17, 15) is 18.8 Å². The molecule has 0 aliphatic heterocycles. The van der Waals surface area contributed by atoms with Crippen molar-refractivity contribution in [2.45, 2.75) is 17.1 Å². The van der Waals surface area contributed by atoms with Gasteiger partial charge in [-0.05, 0) is 73.7 Å². The van der Waals surface area contributed by atoms with E-state index in [2.05, 4.69) is 16.0 Å². The zero-order valence-corrected chi connectivity index (χ0v) is 24.0. The van der Waals surface area contributed by atoms with Crippen molar-refractivity contribution in [1.29, 1.82) is 0 Å². The van der Waals surface area contributed by atoms with E-state index in [1.165, 1.54) is 36.0 Å². The van der Waals surface area contributed by atoms with Gasteiger partial charge in [-0.1, -0.05) is 59.6 Å². The standard InChI is InChI=1S/C31H24Cl2FN3O3S/c1-19(29(38)36-23-13-16-25(32)26(33)18-23)41-24-14-11-22(12-15-24)35-31(40)28(17-21-9-5-6-10-27(21)34)37-30(39)20-7-3-2-4-8-20/h2-19H,1H3,(H,35,40)(H,36,38)(H,37,39)/b28-17-. The lowest BCUT2D eigenvalue weighted by atomic mass is 10.1. The zero-order valence-electron chi connectivity index (χ0n) is 21.7. The number of thioether (sulfide) groups is 1. The maximum absolute atomic E-state index is 14.3. The van der Waals surface area contributed by atoms with Crippen molar-refractivity contribution in [3.05, 3.63) is 130 Å². The quantitative estimate of drug-likeness (QED) is 0.135. The number of amides is 3. The smallest absolute Gasteiger partial charge is 0.272 e. The van der Waals surface area contributed by atoms with Crippen LogP contribution in [0.2, 0.25) is 10.0 Å². The average Bonchev–Trinajstić information content (AvgIpc) is 2.97. The van der Waals surface area contributed by atoms with Gasteiger partial charge in [0.15, 0.2) is 0 Å². The van der Waals surface area contributed by atoms with Crippen LogP contribution in [0.4, 0.5) is 15.8 Å². The van der Waals surface area contributed by atoms with Crippen LogP contribution in [-0.2, 0) is 9.59 Å². The number of carbonyl (C=O) groups is 3. The van der Waals surface area contributed by atoms with Crippen molar-refractivity contribution in [3.63, 3.8) is 0 Å². The SMILES string of the molecule is CC(Sc1ccc(NC(=O)/C(=C/c2ccccc2F)NC(=O)c2ccccc2)cc1)C(=O)Nc1ccc(Cl)c(Cl)c1. The van der Waals surface area contributed by atoms with E-state index in [0.717, 1.165) is 4.90 Å². The molecule has 0 saturated heterocycles. The Kier molecular flexibility index (Phi) is 10.2. The number of benzene rings is 4. The van der Waals surface area contributed by atoms with Crippen LogP contribution in [-0.4, -0.2) is 23.0 Å². The van der Waals surface area contributed by atoms with Gasteiger partial charge in [0.2, 0.25) is 5.91 Å². The van der Waals surface area contributed by atoms with E-state index in [0.29, 0.717) is 27.0 Å². The third-order valence-electron chi connectivity index (χ3n) is 5.72. The molecule has 3 N–H and O–H groups in total. The molecular weight excluding hydrogens is 584 g/mol. The summed E-state index contributed by atoms with van der Waals surface area (Å²) in [5.41, 5.74) is 1.34. The van der Waals surface area contributed by atoms with Crippen LogP contribution in [0.15, 0.2) is 108 Å². The number of rotatable bonds is 9. The Bertz CT molecular complexity index is 1600. The Hall–Kier alpha value is -4.11. The first-order valence-corrected chi connectivity index (χ1v) is 14.0. The molecule has 4 aromatic carbocycles. The monoisotopic (exact) mass is 607 g/mol. The van der Waals surface area contributed by atoms with Gasteiger partial charge in [0, 0.05) is 27.4 Å². The van der Waals surface area contributed by atoms with Gasteiger partial charge in [0.25, 0.3) is 11.8 Å². The van der Waals surface area contributed by atoms with Crippen LogP contribution in [0, 0.1) is 5.82 Å². The minimum atomic E-state index is -0.632. The first-order valence-electron chi connectivity index (χ1n) is 12.4. The van der Waals surface area contributed by atoms with E-state index >= 15 is 0 Å². The molecule has 0 heterocycles. The summed E-state index contributed by atoms with van der Waals surface area (Å²) < 4.78 is 14.3. The highest BCUT2D eigenvalue weighted by molar-refractivity contribution is 8.00. The van der Waals surface area contributed by atoms with Crippen LogP contribution >= 0.6 is 35.0 Å². The second-order valence-electron chi connectivity index (χ2n) is 8.76. The summed E-state index contributed by atoms with van der Waals surface area (Å²) in [4.78, 5) is 39.4. The fourth-order valence-corrected chi connectivity index (χ4v) is 4.75. The third kappa shape index (κ3) is 8.44. The third-order valence-corrected chi connectivity index (χ3v) is 7.57. The molecule has 1 unspecified atom stereocenters. The van der Waals surface area contributed by atoms with Gasteiger partial charge in [0.1, 0.15) is 11.5 Å². The lowest BCUT2D eigenvalue weighted by molar-refractivity contribution is -0.115. The molecule has 208 valence electrons. The predicted molar refractivity (Wildman–Crippen MR) is 164 cm³/mol. The van der Waals surface area contributed by atoms with Gasteiger partial charge in [-0.15, -0.1) is 11.8 Å². The second-order valence-corrected chi connectivity index (χ2v) is 11.0. The molecule has 0 radical (unpaired) electrons. The van der Waals surface area contributed by atoms with E-state index in [1.807, 2.05) is 0 Å². The molecule has 0 aliphatic rings. The molecule has 6 nitrogen and oxygen atoms in total. The molecule has 3 amide bonds. The van der Waals surface area contributed by atoms with Gasteiger partial charge in [-0.25, -0.2) is 4.39 Å². The highest BCUT2D eigenvalue weighted by atomic mass is 35.5. The zero-order chi connectivity index (χ0) is 29.4. The fraction of sp³-hybridized carbons (Fsp3) is 0.0645. The number of hydrogen-bond acceptors (Lipinski definition) is 4. The highest BCUT2D eigenvalue weighted by Crippen LogP contribution is 2.28. The van der Waals surface area contributed by atoms with Crippen LogP contribution < -0.4 is 16.0 Å². The minimum Gasteiger partial charge on any atom is -0.325 e. The lowest BCUT2D eigenvalue weighted by Crippen LogP contribution is -2.30. The summed E-state index contributed by atoms with van der Waals surface area (Å²) >= 11 is 13.3. The maximum Gasteiger partial charge on any atom is 0.272 e. The molecule has 10 heteroatoms. The Morgan fingerprint density at radius 1 is 0.805 bits per heavy atom. The van der Waals surface area contributed by atoms with Crippen LogP contribution in [0.1, 0.15) is 22.8 Å². The van der Waals surface area contributed by atoms with Crippen molar-refractivity contribution >= 4 is 70.1 Å². The summed E-state index contributed by atoms with van der Waals surface area (Å²) in [5, 5.41) is 8.42. The number of halogens is 3. The Morgan fingerprint density at radius 3 is 2.15 bits per heavy atom. The average molecular weight is 609 g/mol. The molecule has 0 saturated carbocycles. The van der Waals surface area contributed by atoms with Gasteiger partial charge in [-0.3, -0.25) is 14.4 Å². The molecule has 0 bridgehead atoms. The Balaban J connectivity index is 1.43. The Morgan fingerprint density at radius 2 is 1.46 bits per heavy atom. The van der Waals surface area contributed by atoms with E-state index in [4.69, 9.17) is 23.2 Å². The molecule has 0 aromatic heterocycles. The number of anilines is 2. The molecule has 1 atom stereocenters. The van der Waals surface area contributed by atoms with Crippen LogP contribution in [0.3, 0.4) is 0 Å². The number of nitrogens with one attached hydrogen (secondary N) is 3. The summed E-state index contributed by atoms with van der Waals surface area (Å²) in [6.07, 6.45) is 1.28. The van der Waals surface area contributed by atoms with Crippen LogP contribution in [0.5, 0.6) is 0 Å². The fourth-order valence-electron chi connectivity index (χ4n) is 3.58. The molecule has 0 fully saturated rings. The van der Waals surface area contributed by atoms with Crippen molar-refractivity contribution < 1.29 is 18.8 Å². The molecule has 0 spiro atoms. The first-order chi connectivity index (χ1) is 19.7. The van der Waals surface area contributed by atoms with E-state index in [-0.39, 0.29) is 17.2 Å². The van der Waals surface area contributed by atoms with Crippen LogP contribution in [0.25, 0.3) is 6.08 Å². The van der Waals surface area contributed by atoms with Crippen molar-refractivity contribution in [1.82, 2.24) is 5.32 Å². The largest absolute Gasteiger partial charge is 0.325 e. The Labute approximate surface area is 250 Å². The predicted octanol–water partition coefficient (Wildman–Crippen LogP) is 7.66. The van der Waals surface area contributed by atoms with Gasteiger partial charge in [-0.2, -0.15) is 0 Å². The maximum atomic E-state index is 14.3. The normalized spacial score (nSPS) is 11.9. The van der Waals surface area contributed by atoms with Gasteiger partial charge >= 0.3 is 0 Å². The molecular formula is C31H24Cl2FN3O3S. The number of hydrogen-bond donors (Lipinski definition) is 3. The molecule has 4 aromatic rings. The van der Waals surface area contributed by atoms with Gasteiger partial charge < -0.3 is 16.0 Å². The summed E-state index contributed by atoms with van der Waals surface area (Å²) in [5.74, 6) is -1.90. The summed E-state index contributed by atoms with van der Waals surface area (Å²) in [6, 6.07) is 26.0. The summed E-state index contributed by atoms with van der Waals surface area (Å²) in [6.45, 7) is 1.77.